The van der Waals surface area contributed by atoms with E-state index < -0.39 is 17.4 Å². The number of allylic oxidation sites excluding steroid dienone is 3. The van der Waals surface area contributed by atoms with Gasteiger partial charge in [-0.05, 0) is 87.4 Å². The van der Waals surface area contributed by atoms with Gasteiger partial charge in [-0.25, -0.2) is 4.99 Å². The Labute approximate surface area is 247 Å². The van der Waals surface area contributed by atoms with Gasteiger partial charge in [0.25, 0.3) is 5.91 Å². The number of carboxylic acids is 2. The first-order valence-electron chi connectivity index (χ1n) is 14.4. The normalized spacial score (nSPS) is 21.3. The standard InChI is InChI=1S/C33H34N4O6/c1-16-19-10-12-37-26(14-25(19)34-23(16)13-24-17(2)21(31(42)35-24)5-7-29(38)39)18(3)20-9-11-33(4)22(6-8-30(40)41)32(43)36-28(33)15-27(20)37/h9,11,13-15,34,43H,5-8,10,12H2,1-4H3,(H,35,42)(H,38,39)(H,40,41). The summed E-state index contributed by atoms with van der Waals surface area (Å²) in [6, 6.07) is 0. The van der Waals surface area contributed by atoms with Gasteiger partial charge in [0.15, 0.2) is 0 Å². The first-order chi connectivity index (χ1) is 20.4. The number of nitrogens with one attached hydrogen (secondary N) is 2. The van der Waals surface area contributed by atoms with Gasteiger partial charge in [0.05, 0.1) is 16.5 Å². The maximum Gasteiger partial charge on any atom is 0.303 e. The summed E-state index contributed by atoms with van der Waals surface area (Å²) in [4.78, 5) is 42.8. The maximum atomic E-state index is 12.5. The number of fused-ring (bicyclic) bond motifs is 5. The first-order valence-corrected chi connectivity index (χ1v) is 14.4. The number of aromatic amines is 1. The van der Waals surface area contributed by atoms with Gasteiger partial charge in [0, 0.05) is 58.5 Å². The number of rotatable bonds is 7. The number of aliphatic carboxylic acids is 2. The molecule has 0 spiro atoms. The molecule has 222 valence electrons. The monoisotopic (exact) mass is 582 g/mol. The van der Waals surface area contributed by atoms with E-state index in [0.717, 1.165) is 57.3 Å². The van der Waals surface area contributed by atoms with Crippen molar-refractivity contribution in [3.63, 3.8) is 0 Å². The highest BCUT2D eigenvalue weighted by Gasteiger charge is 2.40. The van der Waals surface area contributed by atoms with E-state index in [4.69, 9.17) is 5.11 Å². The molecular weight excluding hydrogens is 548 g/mol. The van der Waals surface area contributed by atoms with Crippen LogP contribution in [0.2, 0.25) is 0 Å². The second-order valence-electron chi connectivity index (χ2n) is 11.8. The van der Waals surface area contributed by atoms with E-state index >= 15 is 0 Å². The summed E-state index contributed by atoms with van der Waals surface area (Å²) in [5.74, 6) is -2.20. The third kappa shape index (κ3) is 4.57. The minimum absolute atomic E-state index is 0.0766. The third-order valence-corrected chi connectivity index (χ3v) is 9.32. The van der Waals surface area contributed by atoms with Crippen molar-refractivity contribution in [1.82, 2.24) is 14.9 Å². The predicted molar refractivity (Wildman–Crippen MR) is 162 cm³/mol. The topological polar surface area (TPSA) is 157 Å². The number of hydrogen-bond acceptors (Lipinski definition) is 5. The number of aromatic nitrogens is 2. The Bertz CT molecular complexity index is 1930. The summed E-state index contributed by atoms with van der Waals surface area (Å²) in [5, 5.41) is 33.9. The molecule has 0 saturated heterocycles. The van der Waals surface area contributed by atoms with Crippen molar-refractivity contribution in [1.29, 1.82) is 0 Å². The summed E-state index contributed by atoms with van der Waals surface area (Å²) in [5.41, 5.74) is 8.92. The Morgan fingerprint density at radius 3 is 2.51 bits per heavy atom. The zero-order chi connectivity index (χ0) is 30.8. The van der Waals surface area contributed by atoms with Crippen LogP contribution in [0.5, 0.6) is 0 Å². The maximum absolute atomic E-state index is 12.5. The molecule has 0 aromatic carbocycles. The molecule has 2 aromatic rings. The molecule has 0 fully saturated rings. The summed E-state index contributed by atoms with van der Waals surface area (Å²) >= 11 is 0. The molecule has 43 heavy (non-hydrogen) atoms. The SMILES string of the molecule is CC1=C(CCC(=O)O)C(=O)NC1=Cc1[nH]c2c(c1C)CCn1c(c(C)c3c1=CC1=NC(O)=C(CCC(=O)O)C1(C)C=C3)=C2. The predicted octanol–water partition coefficient (Wildman–Crippen LogP) is 3.37. The van der Waals surface area contributed by atoms with Crippen molar-refractivity contribution < 1.29 is 29.7 Å². The number of aliphatic imine (C=N–C) groups is 1. The summed E-state index contributed by atoms with van der Waals surface area (Å²) in [6.45, 7) is 8.68. The Hall–Kier alpha value is -4.86. The number of carbonyl (C=O) groups excluding carboxylic acids is 1. The molecule has 1 atom stereocenters. The van der Waals surface area contributed by atoms with Gasteiger partial charge in [0.1, 0.15) is 0 Å². The number of amides is 1. The molecule has 0 saturated carbocycles. The highest BCUT2D eigenvalue weighted by molar-refractivity contribution is 6.18. The van der Waals surface area contributed by atoms with Crippen molar-refractivity contribution in [2.45, 2.75) is 66.3 Å². The van der Waals surface area contributed by atoms with Gasteiger partial charge < -0.3 is 30.2 Å². The lowest BCUT2D eigenvalue weighted by molar-refractivity contribution is -0.138. The van der Waals surface area contributed by atoms with E-state index in [2.05, 4.69) is 45.9 Å². The fourth-order valence-electron chi connectivity index (χ4n) is 6.71. The number of hydrogen-bond donors (Lipinski definition) is 5. The smallest absolute Gasteiger partial charge is 0.303 e. The van der Waals surface area contributed by atoms with Crippen LogP contribution < -0.4 is 16.0 Å². The zero-order valence-corrected chi connectivity index (χ0v) is 24.6. The minimum Gasteiger partial charge on any atom is -0.493 e. The molecule has 6 rings (SSSR count). The average molecular weight is 583 g/mol. The fraction of sp³-hybridized carbons (Fsp3) is 0.333. The average Bonchev–Trinajstić information content (AvgIpc) is 3.44. The van der Waals surface area contributed by atoms with Crippen LogP contribution in [0, 0.1) is 19.3 Å². The highest BCUT2D eigenvalue weighted by Crippen LogP contribution is 2.42. The fourth-order valence-corrected chi connectivity index (χ4v) is 6.71. The van der Waals surface area contributed by atoms with E-state index in [9.17, 15) is 24.6 Å². The molecule has 10 heteroatoms. The number of H-pyrrole nitrogens is 1. The van der Waals surface area contributed by atoms with Crippen LogP contribution in [0.1, 0.15) is 73.2 Å². The summed E-state index contributed by atoms with van der Waals surface area (Å²) < 4.78 is 2.28. The van der Waals surface area contributed by atoms with Crippen LogP contribution in [-0.2, 0) is 27.3 Å². The number of aliphatic hydroxyl groups excluding tert-OH is 1. The minimum atomic E-state index is -0.934. The van der Waals surface area contributed by atoms with Crippen molar-refractivity contribution in [2.75, 3.05) is 0 Å². The molecule has 1 amide bonds. The van der Waals surface area contributed by atoms with E-state index in [1.165, 1.54) is 5.56 Å². The highest BCUT2D eigenvalue weighted by atomic mass is 16.4. The second-order valence-corrected chi connectivity index (χ2v) is 11.8. The number of aliphatic hydroxyl groups is 1. The summed E-state index contributed by atoms with van der Waals surface area (Å²) in [7, 11) is 0. The lowest BCUT2D eigenvalue weighted by Gasteiger charge is -2.23. The Balaban J connectivity index is 1.38. The quantitative estimate of drug-likeness (QED) is 0.337. The first kappa shape index (κ1) is 28.3. The summed E-state index contributed by atoms with van der Waals surface area (Å²) in [6.07, 6.45) is 11.2. The Kier molecular flexibility index (Phi) is 6.67. The van der Waals surface area contributed by atoms with E-state index in [1.54, 1.807) is 0 Å². The van der Waals surface area contributed by atoms with Crippen molar-refractivity contribution in [3.05, 3.63) is 78.7 Å². The van der Waals surface area contributed by atoms with E-state index in [0.29, 0.717) is 22.6 Å². The van der Waals surface area contributed by atoms with Crippen LogP contribution in [0.3, 0.4) is 0 Å². The van der Waals surface area contributed by atoms with Gasteiger partial charge in [-0.15, -0.1) is 0 Å². The van der Waals surface area contributed by atoms with Crippen LogP contribution in [0.4, 0.5) is 0 Å². The largest absolute Gasteiger partial charge is 0.493 e. The van der Waals surface area contributed by atoms with Crippen LogP contribution >= 0.6 is 0 Å². The van der Waals surface area contributed by atoms with Gasteiger partial charge in [-0.2, -0.15) is 0 Å². The molecule has 10 nitrogen and oxygen atoms in total. The van der Waals surface area contributed by atoms with Crippen LogP contribution in [-0.4, -0.2) is 48.4 Å². The molecule has 3 aliphatic heterocycles. The van der Waals surface area contributed by atoms with Crippen LogP contribution in [0.15, 0.2) is 39.4 Å². The Morgan fingerprint density at radius 2 is 1.79 bits per heavy atom. The van der Waals surface area contributed by atoms with Crippen molar-refractivity contribution in [2.24, 2.45) is 10.4 Å². The molecule has 1 unspecified atom stereocenters. The molecule has 5 heterocycles. The second kappa shape index (κ2) is 10.1. The zero-order valence-electron chi connectivity index (χ0n) is 24.6. The van der Waals surface area contributed by atoms with Gasteiger partial charge in [-0.1, -0.05) is 12.2 Å². The van der Waals surface area contributed by atoms with E-state index in [1.807, 2.05) is 32.1 Å². The van der Waals surface area contributed by atoms with Gasteiger partial charge in [-0.3, -0.25) is 14.4 Å². The van der Waals surface area contributed by atoms with Crippen LogP contribution in [0.25, 0.3) is 24.3 Å². The lowest BCUT2D eigenvalue weighted by atomic mass is 9.77. The van der Waals surface area contributed by atoms with Crippen molar-refractivity contribution >= 4 is 47.9 Å². The number of carboxylic acid groups (broad SMARTS) is 2. The third-order valence-electron chi connectivity index (χ3n) is 9.32. The Morgan fingerprint density at radius 1 is 1.07 bits per heavy atom. The van der Waals surface area contributed by atoms with E-state index in [-0.39, 0.29) is 37.5 Å². The molecule has 4 aliphatic rings. The number of nitrogens with zero attached hydrogens (tertiary/aromatic N) is 2. The lowest BCUT2D eigenvalue weighted by Crippen LogP contribution is -2.30. The molecule has 5 N–H and O–H groups in total. The van der Waals surface area contributed by atoms with Gasteiger partial charge in [0.2, 0.25) is 5.88 Å². The molecule has 2 aromatic heterocycles. The molecule has 0 radical (unpaired) electrons. The molecular formula is C33H34N4O6. The molecule has 1 aliphatic carbocycles. The van der Waals surface area contributed by atoms with Crippen molar-refractivity contribution in [3.8, 4) is 0 Å². The number of carbonyl (C=O) groups is 3. The van der Waals surface area contributed by atoms with Gasteiger partial charge >= 0.3 is 11.9 Å². The molecule has 0 bridgehead atoms.